The van der Waals surface area contributed by atoms with E-state index in [2.05, 4.69) is 49.0 Å². The van der Waals surface area contributed by atoms with Crippen LogP contribution in [-0.2, 0) is 17.7 Å². The summed E-state index contributed by atoms with van der Waals surface area (Å²) in [5.74, 6) is 1.98. The van der Waals surface area contributed by atoms with Crippen LogP contribution in [0.4, 0.5) is 4.79 Å². The summed E-state index contributed by atoms with van der Waals surface area (Å²) in [7, 11) is 0. The van der Waals surface area contributed by atoms with Gasteiger partial charge in [-0.1, -0.05) is 30.3 Å². The van der Waals surface area contributed by atoms with Crippen LogP contribution >= 0.6 is 24.0 Å². The Balaban J connectivity index is 0.00000289. The third-order valence-electron chi connectivity index (χ3n) is 5.49. The fourth-order valence-electron chi connectivity index (χ4n) is 4.00. The molecule has 1 N–H and O–H groups in total. The molecular weight excluding hydrogens is 519 g/mol. The number of fused-ring (bicyclic) bond motifs is 1. The lowest BCUT2D eigenvalue weighted by atomic mass is 10.2. The first kappa shape index (κ1) is 24.3. The zero-order valence-corrected chi connectivity index (χ0v) is 21.4. The number of piperazine rings is 1. The molecule has 2 aliphatic heterocycles. The first-order chi connectivity index (χ1) is 14.9. The van der Waals surface area contributed by atoms with E-state index in [0.29, 0.717) is 19.6 Å². The Morgan fingerprint density at radius 3 is 2.75 bits per heavy atom. The molecule has 0 radical (unpaired) electrons. The molecule has 1 aromatic heterocycles. The van der Waals surface area contributed by atoms with Crippen LogP contribution in [0.2, 0.25) is 0 Å². The number of aliphatic imine (C=N–C) groups is 1. The van der Waals surface area contributed by atoms with Gasteiger partial charge in [0.2, 0.25) is 0 Å². The zero-order chi connectivity index (χ0) is 21.8. The number of aromatic nitrogens is 2. The highest BCUT2D eigenvalue weighted by Crippen LogP contribution is 2.18. The van der Waals surface area contributed by atoms with Crippen molar-refractivity contribution in [1.82, 2.24) is 24.7 Å². The maximum atomic E-state index is 12.4. The Morgan fingerprint density at radius 2 is 2.00 bits per heavy atom. The van der Waals surface area contributed by atoms with E-state index in [0.717, 1.165) is 37.8 Å². The zero-order valence-electron chi connectivity index (χ0n) is 19.0. The minimum absolute atomic E-state index is 0. The van der Waals surface area contributed by atoms with Gasteiger partial charge in [0.05, 0.1) is 12.6 Å². The van der Waals surface area contributed by atoms with Crippen molar-refractivity contribution in [2.24, 2.45) is 4.99 Å². The molecule has 8 nitrogen and oxygen atoms in total. The van der Waals surface area contributed by atoms with Crippen molar-refractivity contribution in [3.8, 4) is 0 Å². The molecule has 1 saturated heterocycles. The lowest BCUT2D eigenvalue weighted by Crippen LogP contribution is -2.57. The van der Waals surface area contributed by atoms with Gasteiger partial charge in [0.15, 0.2) is 5.96 Å². The minimum Gasteiger partial charge on any atom is -0.444 e. The second-order valence-electron chi connectivity index (χ2n) is 9.07. The topological polar surface area (TPSA) is 75.0 Å². The summed E-state index contributed by atoms with van der Waals surface area (Å²) in [5.41, 5.74) is 0.792. The summed E-state index contributed by atoms with van der Waals surface area (Å²) < 4.78 is 7.71. The van der Waals surface area contributed by atoms with Gasteiger partial charge in [-0.3, -0.25) is 4.99 Å². The number of rotatable bonds is 5. The molecule has 0 spiro atoms. The molecule has 174 valence electrons. The second kappa shape index (κ2) is 10.5. The van der Waals surface area contributed by atoms with E-state index in [4.69, 9.17) is 4.74 Å². The van der Waals surface area contributed by atoms with Gasteiger partial charge in [0.25, 0.3) is 0 Å². The monoisotopic (exact) mass is 552 g/mol. The van der Waals surface area contributed by atoms with Crippen molar-refractivity contribution in [1.29, 1.82) is 0 Å². The van der Waals surface area contributed by atoms with Crippen LogP contribution < -0.4 is 5.32 Å². The molecule has 4 rings (SSSR count). The van der Waals surface area contributed by atoms with Gasteiger partial charge in [-0.2, -0.15) is 0 Å². The quantitative estimate of drug-likeness (QED) is 0.578. The highest BCUT2D eigenvalue weighted by Gasteiger charge is 2.36. The molecule has 1 amide bonds. The highest BCUT2D eigenvalue weighted by atomic mass is 127. The molecule has 0 aliphatic carbocycles. The maximum absolute atomic E-state index is 12.4. The third-order valence-corrected chi connectivity index (χ3v) is 5.49. The average molecular weight is 552 g/mol. The lowest BCUT2D eigenvalue weighted by molar-refractivity contribution is 0.0137. The number of carbonyl (C=O) groups is 1. The maximum Gasteiger partial charge on any atom is 0.410 e. The van der Waals surface area contributed by atoms with Crippen molar-refractivity contribution in [3.63, 3.8) is 0 Å². The number of carbonyl (C=O) groups excluding carboxylic acids is 1. The Kier molecular flexibility index (Phi) is 8.02. The molecule has 1 atom stereocenters. The largest absolute Gasteiger partial charge is 0.444 e. The lowest BCUT2D eigenvalue weighted by Gasteiger charge is -2.39. The predicted octanol–water partition coefficient (Wildman–Crippen LogP) is 2.97. The SMILES string of the molecule is CC(C)(C)OC(=O)N1CCN2C(NCCc3nccn3Cc3ccccc3)=NCC2C1.I. The van der Waals surface area contributed by atoms with Gasteiger partial charge >= 0.3 is 6.09 Å². The van der Waals surface area contributed by atoms with Crippen molar-refractivity contribution in [2.45, 2.75) is 45.4 Å². The van der Waals surface area contributed by atoms with Crippen molar-refractivity contribution >= 4 is 36.0 Å². The normalized spacial score (nSPS) is 18.0. The molecule has 1 aromatic carbocycles. The Labute approximate surface area is 207 Å². The second-order valence-corrected chi connectivity index (χ2v) is 9.07. The summed E-state index contributed by atoms with van der Waals surface area (Å²) in [4.78, 5) is 25.7. The highest BCUT2D eigenvalue weighted by molar-refractivity contribution is 14.0. The first-order valence-corrected chi connectivity index (χ1v) is 11.0. The Bertz CT molecular complexity index is 924. The molecule has 3 heterocycles. The summed E-state index contributed by atoms with van der Waals surface area (Å²) >= 11 is 0. The number of nitrogens with one attached hydrogen (secondary N) is 1. The molecule has 0 bridgehead atoms. The summed E-state index contributed by atoms with van der Waals surface area (Å²) in [6, 6.07) is 10.6. The first-order valence-electron chi connectivity index (χ1n) is 11.0. The smallest absolute Gasteiger partial charge is 0.410 e. The van der Waals surface area contributed by atoms with E-state index in [1.165, 1.54) is 5.56 Å². The van der Waals surface area contributed by atoms with Gasteiger partial charge in [-0.05, 0) is 26.3 Å². The molecule has 2 aliphatic rings. The van der Waals surface area contributed by atoms with Crippen LogP contribution in [-0.4, -0.2) is 75.8 Å². The molecule has 32 heavy (non-hydrogen) atoms. The van der Waals surface area contributed by atoms with Gasteiger partial charge in [0.1, 0.15) is 11.4 Å². The van der Waals surface area contributed by atoms with E-state index in [1.54, 1.807) is 4.90 Å². The molecule has 1 fully saturated rings. The average Bonchev–Trinajstić information content (AvgIpc) is 3.34. The Hall–Kier alpha value is -2.30. The van der Waals surface area contributed by atoms with E-state index in [1.807, 2.05) is 39.2 Å². The van der Waals surface area contributed by atoms with E-state index in [9.17, 15) is 4.79 Å². The standard InChI is InChI=1S/C23H32N6O2.HI/c1-23(2,3)31-22(30)28-13-14-29-19(17-28)15-26-21(29)25-10-9-20-24-11-12-27(20)16-18-7-5-4-6-8-18;/h4-8,11-12,19H,9-10,13-17H2,1-3H3,(H,25,26);1H. The molecule has 2 aromatic rings. The van der Waals surface area contributed by atoms with Crippen molar-refractivity contribution in [3.05, 3.63) is 54.1 Å². The molecule has 9 heteroatoms. The van der Waals surface area contributed by atoms with E-state index < -0.39 is 5.60 Å². The number of ether oxygens (including phenoxy) is 1. The molecular formula is C23H33IN6O2. The minimum atomic E-state index is -0.473. The van der Waals surface area contributed by atoms with Crippen LogP contribution in [0.15, 0.2) is 47.7 Å². The van der Waals surface area contributed by atoms with Gasteiger partial charge in [0, 0.05) is 51.5 Å². The fourth-order valence-corrected chi connectivity index (χ4v) is 4.00. The number of nitrogens with zero attached hydrogens (tertiary/aromatic N) is 5. The summed E-state index contributed by atoms with van der Waals surface area (Å²) in [5, 5.41) is 3.48. The number of hydrogen-bond donors (Lipinski definition) is 1. The molecule has 1 unspecified atom stereocenters. The van der Waals surface area contributed by atoms with Crippen molar-refractivity contribution < 1.29 is 9.53 Å². The van der Waals surface area contributed by atoms with Crippen molar-refractivity contribution in [2.75, 3.05) is 32.7 Å². The van der Waals surface area contributed by atoms with E-state index in [-0.39, 0.29) is 36.1 Å². The van der Waals surface area contributed by atoms with Gasteiger partial charge in [-0.25, -0.2) is 9.78 Å². The number of guanidine groups is 1. The number of imidazole rings is 1. The van der Waals surface area contributed by atoms with Crippen LogP contribution in [0.1, 0.15) is 32.2 Å². The van der Waals surface area contributed by atoms with Gasteiger partial charge in [-0.15, -0.1) is 24.0 Å². The van der Waals surface area contributed by atoms with Crippen LogP contribution in [0.5, 0.6) is 0 Å². The summed E-state index contributed by atoms with van der Waals surface area (Å²) in [6.45, 7) is 10.0. The van der Waals surface area contributed by atoms with E-state index >= 15 is 0 Å². The van der Waals surface area contributed by atoms with Crippen LogP contribution in [0.3, 0.4) is 0 Å². The fraction of sp³-hybridized carbons (Fsp3) is 0.522. The number of halogens is 1. The molecule has 0 saturated carbocycles. The van der Waals surface area contributed by atoms with Crippen LogP contribution in [0, 0.1) is 0 Å². The Morgan fingerprint density at radius 1 is 1.22 bits per heavy atom. The number of benzene rings is 1. The third kappa shape index (κ3) is 6.14. The van der Waals surface area contributed by atoms with Gasteiger partial charge < -0.3 is 24.4 Å². The number of amides is 1. The van der Waals surface area contributed by atoms with Crippen LogP contribution in [0.25, 0.3) is 0 Å². The predicted molar refractivity (Wildman–Crippen MR) is 135 cm³/mol. The summed E-state index contributed by atoms with van der Waals surface area (Å²) in [6.07, 6.45) is 4.47. The number of hydrogen-bond acceptors (Lipinski definition) is 6.